The first-order valence-electron chi connectivity index (χ1n) is 8.29. The van der Waals surface area contributed by atoms with E-state index in [1.54, 1.807) is 24.3 Å². The number of Topliss-reactive ketones (excluding diaryl/α,β-unsaturated/α-hetero) is 1. The van der Waals surface area contributed by atoms with E-state index < -0.39 is 10.0 Å². The van der Waals surface area contributed by atoms with E-state index in [9.17, 15) is 18.0 Å². The number of likely N-dealkylation sites (tertiary alicyclic amines) is 1. The fraction of sp³-hybridized carbons (Fsp3) is 0.529. The Labute approximate surface area is 148 Å². The number of carbonyl (C=O) groups is 2. The van der Waals surface area contributed by atoms with E-state index in [0.717, 1.165) is 6.26 Å². The van der Waals surface area contributed by atoms with Crippen molar-refractivity contribution < 1.29 is 18.0 Å². The van der Waals surface area contributed by atoms with Gasteiger partial charge in [0, 0.05) is 30.4 Å². The Morgan fingerprint density at radius 3 is 2.20 bits per heavy atom. The number of amides is 1. The van der Waals surface area contributed by atoms with E-state index in [0.29, 0.717) is 37.2 Å². The van der Waals surface area contributed by atoms with Crippen LogP contribution in [0.2, 0.25) is 0 Å². The number of hydrogen-bond acceptors (Lipinski definition) is 5. The molecular weight excluding hydrogens is 342 g/mol. The quantitative estimate of drug-likeness (QED) is 0.738. The summed E-state index contributed by atoms with van der Waals surface area (Å²) in [4.78, 5) is 25.7. The molecular formula is C17H25N3O4S. The first kappa shape index (κ1) is 19.6. The first-order chi connectivity index (χ1) is 11.7. The molecule has 1 heterocycles. The summed E-state index contributed by atoms with van der Waals surface area (Å²) in [5.41, 5.74) is 1.25. The third-order valence-electron chi connectivity index (χ3n) is 4.40. The Kier molecular flexibility index (Phi) is 6.31. The molecule has 0 unspecified atom stereocenters. The molecule has 1 atom stereocenters. The SMILES string of the molecule is CC(=O)c1ccc(NC(=O)[C@H](C)N2CCC(NS(C)(=O)=O)CC2)cc1. The van der Waals surface area contributed by atoms with Crippen molar-refractivity contribution in [3.05, 3.63) is 29.8 Å². The van der Waals surface area contributed by atoms with Gasteiger partial charge in [0.1, 0.15) is 0 Å². The molecule has 7 nitrogen and oxygen atoms in total. The highest BCUT2D eigenvalue weighted by molar-refractivity contribution is 7.88. The van der Waals surface area contributed by atoms with Crippen LogP contribution in [0.4, 0.5) is 5.69 Å². The van der Waals surface area contributed by atoms with Crippen molar-refractivity contribution in [1.82, 2.24) is 9.62 Å². The van der Waals surface area contributed by atoms with Crippen LogP contribution in [0.25, 0.3) is 0 Å². The number of ketones is 1. The Morgan fingerprint density at radius 1 is 1.16 bits per heavy atom. The van der Waals surface area contributed by atoms with Gasteiger partial charge in [0.25, 0.3) is 0 Å². The van der Waals surface area contributed by atoms with E-state index in [4.69, 9.17) is 0 Å². The molecule has 1 aliphatic heterocycles. The summed E-state index contributed by atoms with van der Waals surface area (Å²) >= 11 is 0. The average molecular weight is 367 g/mol. The number of nitrogens with one attached hydrogen (secondary N) is 2. The molecule has 1 aromatic rings. The van der Waals surface area contributed by atoms with Crippen molar-refractivity contribution >= 4 is 27.4 Å². The Balaban J connectivity index is 1.87. The van der Waals surface area contributed by atoms with Gasteiger partial charge in [-0.1, -0.05) is 0 Å². The van der Waals surface area contributed by atoms with Gasteiger partial charge in [-0.05, 0) is 51.0 Å². The van der Waals surface area contributed by atoms with Crippen molar-refractivity contribution in [2.75, 3.05) is 24.7 Å². The van der Waals surface area contributed by atoms with Crippen LogP contribution in [0.1, 0.15) is 37.0 Å². The van der Waals surface area contributed by atoms with Crippen molar-refractivity contribution in [2.24, 2.45) is 0 Å². The predicted octanol–water partition coefficient (Wildman–Crippen LogP) is 1.23. The zero-order valence-corrected chi connectivity index (χ0v) is 15.6. The summed E-state index contributed by atoms with van der Waals surface area (Å²) in [5, 5.41) is 2.85. The molecule has 25 heavy (non-hydrogen) atoms. The third kappa shape index (κ3) is 5.91. The molecule has 1 aromatic carbocycles. The average Bonchev–Trinajstić information content (AvgIpc) is 2.54. The number of rotatable bonds is 6. The number of hydrogen-bond donors (Lipinski definition) is 2. The molecule has 1 aliphatic rings. The maximum absolute atomic E-state index is 12.4. The molecule has 1 saturated heterocycles. The number of piperidine rings is 1. The lowest BCUT2D eigenvalue weighted by molar-refractivity contribution is -0.121. The number of sulfonamides is 1. The molecule has 0 bridgehead atoms. The molecule has 8 heteroatoms. The smallest absolute Gasteiger partial charge is 0.241 e. The largest absolute Gasteiger partial charge is 0.325 e. The van der Waals surface area contributed by atoms with Crippen LogP contribution in [-0.4, -0.2) is 56.4 Å². The number of nitrogens with zero attached hydrogens (tertiary/aromatic N) is 1. The highest BCUT2D eigenvalue weighted by Crippen LogP contribution is 2.16. The minimum Gasteiger partial charge on any atom is -0.325 e. The molecule has 2 rings (SSSR count). The second kappa shape index (κ2) is 8.07. The highest BCUT2D eigenvalue weighted by atomic mass is 32.2. The first-order valence-corrected chi connectivity index (χ1v) is 10.2. The zero-order valence-electron chi connectivity index (χ0n) is 14.8. The second-order valence-electron chi connectivity index (χ2n) is 6.50. The molecule has 1 amide bonds. The zero-order chi connectivity index (χ0) is 18.6. The summed E-state index contributed by atoms with van der Waals surface area (Å²) in [6.45, 7) is 4.65. The normalized spacial score (nSPS) is 17.9. The van der Waals surface area contributed by atoms with E-state index >= 15 is 0 Å². The minimum atomic E-state index is -3.20. The molecule has 0 aromatic heterocycles. The van der Waals surface area contributed by atoms with Gasteiger partial charge in [0.15, 0.2) is 5.78 Å². The molecule has 0 radical (unpaired) electrons. The van der Waals surface area contributed by atoms with Crippen LogP contribution in [-0.2, 0) is 14.8 Å². The highest BCUT2D eigenvalue weighted by Gasteiger charge is 2.27. The number of carbonyl (C=O) groups excluding carboxylic acids is 2. The summed E-state index contributed by atoms with van der Waals surface area (Å²) in [6.07, 6.45) is 2.52. The van der Waals surface area contributed by atoms with Crippen molar-refractivity contribution in [3.63, 3.8) is 0 Å². The predicted molar refractivity (Wildman–Crippen MR) is 97.1 cm³/mol. The molecule has 0 saturated carbocycles. The van der Waals surface area contributed by atoms with Gasteiger partial charge < -0.3 is 5.32 Å². The summed E-state index contributed by atoms with van der Waals surface area (Å²) < 4.78 is 25.2. The molecule has 138 valence electrons. The fourth-order valence-electron chi connectivity index (χ4n) is 2.91. The molecule has 0 aliphatic carbocycles. The van der Waals surface area contributed by atoms with E-state index in [-0.39, 0.29) is 23.8 Å². The summed E-state index contributed by atoms with van der Waals surface area (Å²) in [5.74, 6) is -0.137. The van der Waals surface area contributed by atoms with Gasteiger partial charge in [0.05, 0.1) is 12.3 Å². The van der Waals surface area contributed by atoms with Crippen LogP contribution < -0.4 is 10.0 Å². The topological polar surface area (TPSA) is 95.6 Å². The van der Waals surface area contributed by atoms with Crippen molar-refractivity contribution in [3.8, 4) is 0 Å². The van der Waals surface area contributed by atoms with Gasteiger partial charge >= 0.3 is 0 Å². The Morgan fingerprint density at radius 2 is 1.72 bits per heavy atom. The van der Waals surface area contributed by atoms with Gasteiger partial charge in [-0.25, -0.2) is 13.1 Å². The van der Waals surface area contributed by atoms with Gasteiger partial charge in [0.2, 0.25) is 15.9 Å². The van der Waals surface area contributed by atoms with Crippen molar-refractivity contribution in [1.29, 1.82) is 0 Å². The lowest BCUT2D eigenvalue weighted by atomic mass is 10.0. The third-order valence-corrected chi connectivity index (χ3v) is 5.16. The van der Waals surface area contributed by atoms with Crippen molar-refractivity contribution in [2.45, 2.75) is 38.8 Å². The molecule has 1 fully saturated rings. The molecule has 2 N–H and O–H groups in total. The maximum Gasteiger partial charge on any atom is 0.241 e. The van der Waals surface area contributed by atoms with E-state index in [2.05, 4.69) is 10.0 Å². The standard InChI is InChI=1S/C17H25N3O4S/c1-12(20-10-8-16(9-11-20)19-25(3,23)24)17(22)18-15-6-4-14(5-7-15)13(2)21/h4-7,12,16,19H,8-11H2,1-3H3,(H,18,22)/t12-/m0/s1. The van der Waals surface area contributed by atoms with Crippen LogP contribution in [0.5, 0.6) is 0 Å². The number of benzene rings is 1. The van der Waals surface area contributed by atoms with Gasteiger partial charge in [-0.2, -0.15) is 0 Å². The second-order valence-corrected chi connectivity index (χ2v) is 8.28. The lowest BCUT2D eigenvalue weighted by Gasteiger charge is -2.35. The Hall–Kier alpha value is -1.77. The summed E-state index contributed by atoms with van der Waals surface area (Å²) in [7, 11) is -3.20. The minimum absolute atomic E-state index is 0.0168. The van der Waals surface area contributed by atoms with Crippen LogP contribution in [0.15, 0.2) is 24.3 Å². The monoisotopic (exact) mass is 367 g/mol. The lowest BCUT2D eigenvalue weighted by Crippen LogP contribution is -2.50. The van der Waals surface area contributed by atoms with Gasteiger partial charge in [-0.15, -0.1) is 0 Å². The van der Waals surface area contributed by atoms with Gasteiger partial charge in [-0.3, -0.25) is 14.5 Å². The van der Waals surface area contributed by atoms with Crippen LogP contribution >= 0.6 is 0 Å². The molecule has 0 spiro atoms. The number of anilines is 1. The van der Waals surface area contributed by atoms with E-state index in [1.807, 2.05) is 11.8 Å². The van der Waals surface area contributed by atoms with E-state index in [1.165, 1.54) is 6.92 Å². The van der Waals surface area contributed by atoms with Crippen LogP contribution in [0, 0.1) is 0 Å². The Bertz CT molecular complexity index is 723. The summed E-state index contributed by atoms with van der Waals surface area (Å²) in [6, 6.07) is 6.41. The van der Waals surface area contributed by atoms with Crippen LogP contribution in [0.3, 0.4) is 0 Å². The maximum atomic E-state index is 12.4. The fourth-order valence-corrected chi connectivity index (χ4v) is 3.75.